The summed E-state index contributed by atoms with van der Waals surface area (Å²) in [6.07, 6.45) is 1.05. The van der Waals surface area contributed by atoms with Crippen molar-refractivity contribution in [3.8, 4) is 0 Å². The molecule has 88 valence electrons. The Kier molecular flexibility index (Phi) is 2.73. The standard InChI is InChI=1S/C14H16N2S/c1-11-2-4-12(5-3-11)14(8-15-9-14)6-13-7-17-10-16-13/h2-5,7,10,15H,6,8-9H2,1H3. The van der Waals surface area contributed by atoms with Crippen molar-refractivity contribution in [2.24, 2.45) is 0 Å². The fourth-order valence-electron chi connectivity index (χ4n) is 2.44. The molecule has 17 heavy (non-hydrogen) atoms. The predicted molar refractivity (Wildman–Crippen MR) is 71.5 cm³/mol. The summed E-state index contributed by atoms with van der Waals surface area (Å²) in [5.74, 6) is 0. The third kappa shape index (κ3) is 2.01. The maximum Gasteiger partial charge on any atom is 0.0794 e. The van der Waals surface area contributed by atoms with Crippen LogP contribution in [-0.2, 0) is 11.8 Å². The lowest BCUT2D eigenvalue weighted by atomic mass is 9.72. The molecule has 0 radical (unpaired) electrons. The van der Waals surface area contributed by atoms with E-state index in [0.29, 0.717) is 0 Å². The van der Waals surface area contributed by atoms with Gasteiger partial charge in [-0.2, -0.15) is 0 Å². The molecule has 2 nitrogen and oxygen atoms in total. The third-order valence-corrected chi connectivity index (χ3v) is 4.23. The van der Waals surface area contributed by atoms with Gasteiger partial charge in [0.05, 0.1) is 11.2 Å². The van der Waals surface area contributed by atoms with E-state index < -0.39 is 0 Å². The highest BCUT2D eigenvalue weighted by Crippen LogP contribution is 2.32. The summed E-state index contributed by atoms with van der Waals surface area (Å²) < 4.78 is 0. The van der Waals surface area contributed by atoms with Crippen molar-refractivity contribution >= 4 is 11.3 Å². The average Bonchev–Trinajstić information content (AvgIpc) is 2.77. The van der Waals surface area contributed by atoms with Crippen LogP contribution in [0.25, 0.3) is 0 Å². The molecule has 1 fully saturated rings. The predicted octanol–water partition coefficient (Wildman–Crippen LogP) is 2.54. The van der Waals surface area contributed by atoms with Gasteiger partial charge in [-0.25, -0.2) is 4.98 Å². The monoisotopic (exact) mass is 244 g/mol. The van der Waals surface area contributed by atoms with Gasteiger partial charge >= 0.3 is 0 Å². The summed E-state index contributed by atoms with van der Waals surface area (Å²) in [5, 5.41) is 5.56. The molecular formula is C14H16N2S. The van der Waals surface area contributed by atoms with Crippen LogP contribution in [0, 0.1) is 6.92 Å². The van der Waals surface area contributed by atoms with E-state index in [9.17, 15) is 0 Å². The number of aryl methyl sites for hydroxylation is 1. The van der Waals surface area contributed by atoms with Crippen LogP contribution < -0.4 is 5.32 Å². The molecule has 0 amide bonds. The second kappa shape index (κ2) is 4.24. The lowest BCUT2D eigenvalue weighted by Gasteiger charge is -2.43. The van der Waals surface area contributed by atoms with Gasteiger partial charge in [0.1, 0.15) is 0 Å². The van der Waals surface area contributed by atoms with Gasteiger partial charge in [-0.1, -0.05) is 29.8 Å². The van der Waals surface area contributed by atoms with Crippen LogP contribution in [0.2, 0.25) is 0 Å². The van der Waals surface area contributed by atoms with Crippen molar-refractivity contribution in [1.29, 1.82) is 0 Å². The summed E-state index contributed by atoms with van der Waals surface area (Å²) in [7, 11) is 0. The summed E-state index contributed by atoms with van der Waals surface area (Å²) in [6, 6.07) is 8.94. The molecule has 0 spiro atoms. The van der Waals surface area contributed by atoms with E-state index in [4.69, 9.17) is 0 Å². The van der Waals surface area contributed by atoms with Crippen molar-refractivity contribution in [2.45, 2.75) is 18.8 Å². The maximum atomic E-state index is 4.42. The molecule has 1 aromatic heterocycles. The van der Waals surface area contributed by atoms with Gasteiger partial charge in [-0.05, 0) is 12.5 Å². The van der Waals surface area contributed by atoms with Crippen molar-refractivity contribution in [2.75, 3.05) is 13.1 Å². The third-order valence-electron chi connectivity index (χ3n) is 3.59. The van der Waals surface area contributed by atoms with Crippen LogP contribution in [0.5, 0.6) is 0 Å². The van der Waals surface area contributed by atoms with E-state index in [1.165, 1.54) is 16.8 Å². The van der Waals surface area contributed by atoms with Crippen LogP contribution in [-0.4, -0.2) is 18.1 Å². The van der Waals surface area contributed by atoms with Crippen LogP contribution in [0.3, 0.4) is 0 Å². The average molecular weight is 244 g/mol. The first kappa shape index (κ1) is 10.9. The van der Waals surface area contributed by atoms with Crippen molar-refractivity contribution in [1.82, 2.24) is 10.3 Å². The van der Waals surface area contributed by atoms with E-state index in [2.05, 4.69) is 46.9 Å². The Morgan fingerprint density at radius 2 is 2.06 bits per heavy atom. The molecule has 1 saturated heterocycles. The number of benzene rings is 1. The van der Waals surface area contributed by atoms with Gasteiger partial charge in [0, 0.05) is 30.3 Å². The van der Waals surface area contributed by atoms with Gasteiger partial charge in [0.2, 0.25) is 0 Å². The number of hydrogen-bond acceptors (Lipinski definition) is 3. The highest BCUT2D eigenvalue weighted by molar-refractivity contribution is 7.07. The van der Waals surface area contributed by atoms with Crippen molar-refractivity contribution in [3.05, 3.63) is 52.0 Å². The molecule has 1 aliphatic rings. The fraction of sp³-hybridized carbons (Fsp3) is 0.357. The zero-order chi connectivity index (χ0) is 11.7. The fourth-order valence-corrected chi connectivity index (χ4v) is 2.99. The Labute approximate surface area is 106 Å². The number of rotatable bonds is 3. The molecule has 3 rings (SSSR count). The molecular weight excluding hydrogens is 228 g/mol. The topological polar surface area (TPSA) is 24.9 Å². The maximum absolute atomic E-state index is 4.42. The first-order valence-electron chi connectivity index (χ1n) is 5.93. The van der Waals surface area contributed by atoms with Crippen molar-refractivity contribution in [3.63, 3.8) is 0 Å². The van der Waals surface area contributed by atoms with Gasteiger partial charge in [0.25, 0.3) is 0 Å². The van der Waals surface area contributed by atoms with E-state index in [1.807, 2.05) is 5.51 Å². The van der Waals surface area contributed by atoms with Crippen LogP contribution >= 0.6 is 11.3 Å². The van der Waals surface area contributed by atoms with Gasteiger partial charge in [-0.3, -0.25) is 0 Å². The molecule has 1 aromatic carbocycles. The lowest BCUT2D eigenvalue weighted by Crippen LogP contribution is -2.58. The molecule has 0 saturated carbocycles. The number of nitrogens with one attached hydrogen (secondary N) is 1. The van der Waals surface area contributed by atoms with E-state index in [-0.39, 0.29) is 5.41 Å². The summed E-state index contributed by atoms with van der Waals surface area (Å²) in [6.45, 7) is 4.26. The normalized spacial score (nSPS) is 17.7. The number of nitrogens with zero attached hydrogens (tertiary/aromatic N) is 1. The highest BCUT2D eigenvalue weighted by Gasteiger charge is 2.39. The SMILES string of the molecule is Cc1ccc(C2(Cc3cscn3)CNC2)cc1. The minimum atomic E-state index is 0.266. The Balaban J connectivity index is 1.89. The minimum Gasteiger partial charge on any atom is -0.315 e. The highest BCUT2D eigenvalue weighted by atomic mass is 32.1. The van der Waals surface area contributed by atoms with Crippen LogP contribution in [0.1, 0.15) is 16.8 Å². The van der Waals surface area contributed by atoms with E-state index in [1.54, 1.807) is 11.3 Å². The largest absolute Gasteiger partial charge is 0.315 e. The Morgan fingerprint density at radius 1 is 1.29 bits per heavy atom. The molecule has 3 heteroatoms. The van der Waals surface area contributed by atoms with Crippen LogP contribution in [0.15, 0.2) is 35.2 Å². The molecule has 2 aromatic rings. The molecule has 0 unspecified atom stereocenters. The van der Waals surface area contributed by atoms with Gasteiger partial charge in [0.15, 0.2) is 0 Å². The van der Waals surface area contributed by atoms with E-state index in [0.717, 1.165) is 19.5 Å². The van der Waals surface area contributed by atoms with Gasteiger partial charge < -0.3 is 5.32 Å². The Bertz CT molecular complexity index is 483. The smallest absolute Gasteiger partial charge is 0.0794 e. The second-order valence-corrected chi connectivity index (χ2v) is 5.63. The Hall–Kier alpha value is -1.19. The van der Waals surface area contributed by atoms with Gasteiger partial charge in [-0.15, -0.1) is 11.3 Å². The van der Waals surface area contributed by atoms with E-state index >= 15 is 0 Å². The zero-order valence-electron chi connectivity index (χ0n) is 9.94. The van der Waals surface area contributed by atoms with Crippen LogP contribution in [0.4, 0.5) is 0 Å². The summed E-state index contributed by atoms with van der Waals surface area (Å²) in [5.41, 5.74) is 6.17. The quantitative estimate of drug-likeness (QED) is 0.897. The molecule has 0 aliphatic carbocycles. The molecule has 1 N–H and O–H groups in total. The first-order valence-corrected chi connectivity index (χ1v) is 6.88. The second-order valence-electron chi connectivity index (χ2n) is 4.91. The first-order chi connectivity index (χ1) is 8.28. The molecule has 0 atom stereocenters. The van der Waals surface area contributed by atoms with Crippen molar-refractivity contribution < 1.29 is 0 Å². The lowest BCUT2D eigenvalue weighted by molar-refractivity contribution is 0.273. The zero-order valence-corrected chi connectivity index (χ0v) is 10.8. The number of hydrogen-bond donors (Lipinski definition) is 1. The Morgan fingerprint density at radius 3 is 2.59 bits per heavy atom. The number of aromatic nitrogens is 1. The summed E-state index contributed by atoms with van der Waals surface area (Å²) in [4.78, 5) is 4.42. The molecule has 2 heterocycles. The summed E-state index contributed by atoms with van der Waals surface area (Å²) >= 11 is 1.68. The number of thiazole rings is 1. The molecule has 1 aliphatic heterocycles. The minimum absolute atomic E-state index is 0.266. The molecule has 0 bridgehead atoms.